The normalized spacial score (nSPS) is 20.2. The van der Waals surface area contributed by atoms with Gasteiger partial charge in [-0.3, -0.25) is 19.2 Å². The van der Waals surface area contributed by atoms with E-state index in [0.29, 0.717) is 17.1 Å². The van der Waals surface area contributed by atoms with Gasteiger partial charge in [0.05, 0.1) is 18.5 Å². The molecule has 1 aliphatic heterocycles. The van der Waals surface area contributed by atoms with Gasteiger partial charge in [-0.05, 0) is 30.4 Å². The fraction of sp³-hybridized carbons (Fsp3) is 0.344. The van der Waals surface area contributed by atoms with Crippen molar-refractivity contribution < 1.29 is 47.6 Å². The maximum atomic E-state index is 12.2. The minimum Gasteiger partial charge on any atom is -0.497 e. The Hall–Kier alpha value is -5.15. The van der Waals surface area contributed by atoms with Crippen LogP contribution in [0.4, 0.5) is 5.95 Å². The van der Waals surface area contributed by atoms with E-state index < -0.39 is 54.5 Å². The third-order valence-electron chi connectivity index (χ3n) is 6.65. The van der Waals surface area contributed by atoms with Crippen molar-refractivity contribution in [1.82, 2.24) is 15.3 Å². The van der Waals surface area contributed by atoms with Crippen molar-refractivity contribution in [3.63, 3.8) is 0 Å². The standard InChI is InChI=1S/C32H34N4O10S/c1-17(37)42-16-26-27(43-18(2)38)28(44-19(3)39)29(45-20(4)40)30(46-26)35-32(47)36-31-33-24(21-10-7-6-8-11-21)15-25(34-31)22-12-9-13-23(14-22)41-5/h6-15,26-30H,16H2,1-5H3,(H2,33,34,35,36,47)/t26-,27-,28+,29-,30-/m1/s1. The fourth-order valence-electron chi connectivity index (χ4n) is 4.80. The van der Waals surface area contributed by atoms with Crippen LogP contribution in [-0.2, 0) is 42.9 Å². The van der Waals surface area contributed by atoms with E-state index in [9.17, 15) is 19.2 Å². The topological polar surface area (TPSA) is 174 Å². The van der Waals surface area contributed by atoms with Crippen molar-refractivity contribution in [3.8, 4) is 28.3 Å². The van der Waals surface area contributed by atoms with Gasteiger partial charge in [0.1, 0.15) is 18.5 Å². The highest BCUT2D eigenvalue weighted by molar-refractivity contribution is 7.80. The smallest absolute Gasteiger partial charge is 0.303 e. The first-order valence-corrected chi connectivity index (χ1v) is 14.8. The molecule has 2 N–H and O–H groups in total. The van der Waals surface area contributed by atoms with Crippen molar-refractivity contribution in [2.24, 2.45) is 0 Å². The van der Waals surface area contributed by atoms with E-state index in [1.807, 2.05) is 60.7 Å². The molecule has 1 aromatic heterocycles. The molecule has 5 atom stereocenters. The zero-order chi connectivity index (χ0) is 34.1. The van der Waals surface area contributed by atoms with Crippen molar-refractivity contribution in [2.75, 3.05) is 19.0 Å². The number of nitrogens with zero attached hydrogens (tertiary/aromatic N) is 2. The number of esters is 4. The lowest BCUT2D eigenvalue weighted by molar-refractivity contribution is -0.254. The van der Waals surface area contributed by atoms with Gasteiger partial charge in [0, 0.05) is 38.8 Å². The van der Waals surface area contributed by atoms with Crippen molar-refractivity contribution in [2.45, 2.75) is 58.3 Å². The van der Waals surface area contributed by atoms with Crippen LogP contribution in [0.25, 0.3) is 22.5 Å². The van der Waals surface area contributed by atoms with Gasteiger partial charge in [-0.25, -0.2) is 9.97 Å². The second-order valence-electron chi connectivity index (χ2n) is 10.3. The molecule has 0 spiro atoms. The van der Waals surface area contributed by atoms with Gasteiger partial charge in [-0.1, -0.05) is 42.5 Å². The summed E-state index contributed by atoms with van der Waals surface area (Å²) >= 11 is 5.59. The molecule has 1 fully saturated rings. The summed E-state index contributed by atoms with van der Waals surface area (Å²) in [6.45, 7) is 4.22. The summed E-state index contributed by atoms with van der Waals surface area (Å²) in [7, 11) is 1.57. The second-order valence-corrected chi connectivity index (χ2v) is 10.7. The number of carbonyl (C=O) groups excluding carboxylic acids is 4. The molecule has 15 heteroatoms. The van der Waals surface area contributed by atoms with Crippen LogP contribution in [0.5, 0.6) is 5.75 Å². The Morgan fingerprint density at radius 2 is 1.36 bits per heavy atom. The highest BCUT2D eigenvalue weighted by Crippen LogP contribution is 2.30. The molecule has 248 valence electrons. The minimum absolute atomic E-state index is 0.0623. The lowest BCUT2D eigenvalue weighted by atomic mass is 9.97. The maximum Gasteiger partial charge on any atom is 0.303 e. The monoisotopic (exact) mass is 666 g/mol. The summed E-state index contributed by atoms with van der Waals surface area (Å²) in [5.74, 6) is -2.12. The van der Waals surface area contributed by atoms with E-state index in [0.717, 1.165) is 31.9 Å². The number of rotatable bonds is 10. The highest BCUT2D eigenvalue weighted by Gasteiger charge is 2.52. The Bertz CT molecular complexity index is 1620. The number of ether oxygens (including phenoxy) is 6. The molecule has 2 heterocycles. The van der Waals surface area contributed by atoms with Crippen LogP contribution in [-0.4, -0.2) is 83.3 Å². The zero-order valence-corrected chi connectivity index (χ0v) is 27.1. The van der Waals surface area contributed by atoms with E-state index in [1.54, 1.807) is 7.11 Å². The number of anilines is 1. The first-order chi connectivity index (χ1) is 22.4. The van der Waals surface area contributed by atoms with Crippen LogP contribution >= 0.6 is 12.2 Å². The number of benzene rings is 2. The number of carbonyl (C=O) groups is 4. The summed E-state index contributed by atoms with van der Waals surface area (Å²) in [5.41, 5.74) is 2.73. The van der Waals surface area contributed by atoms with Crippen LogP contribution < -0.4 is 15.4 Å². The molecule has 2 aromatic carbocycles. The molecule has 1 saturated heterocycles. The van der Waals surface area contributed by atoms with Crippen LogP contribution in [0.1, 0.15) is 27.7 Å². The molecule has 1 aliphatic rings. The van der Waals surface area contributed by atoms with Gasteiger partial charge in [0.25, 0.3) is 0 Å². The quantitative estimate of drug-likeness (QED) is 0.183. The minimum atomic E-state index is -1.37. The van der Waals surface area contributed by atoms with E-state index in [4.69, 9.17) is 40.6 Å². The van der Waals surface area contributed by atoms with E-state index in [1.165, 1.54) is 6.92 Å². The number of thiocarbonyl (C=S) groups is 1. The van der Waals surface area contributed by atoms with Crippen molar-refractivity contribution >= 4 is 47.2 Å². The average molecular weight is 667 g/mol. The third kappa shape index (κ3) is 9.67. The van der Waals surface area contributed by atoms with Gasteiger partial charge in [-0.2, -0.15) is 0 Å². The SMILES string of the molecule is COc1cccc(-c2cc(-c3ccccc3)nc(NC(=S)N[C@@H]3O[C@H](COC(C)=O)[C@@H](OC(C)=O)[C@H](OC(C)=O)[C@H]3OC(C)=O)n2)c1. The molecule has 47 heavy (non-hydrogen) atoms. The Kier molecular flexibility index (Phi) is 11.8. The largest absolute Gasteiger partial charge is 0.497 e. The highest BCUT2D eigenvalue weighted by atomic mass is 32.1. The molecule has 0 unspecified atom stereocenters. The number of hydrogen-bond donors (Lipinski definition) is 2. The molecule has 0 radical (unpaired) electrons. The predicted octanol–water partition coefficient (Wildman–Crippen LogP) is 3.19. The maximum absolute atomic E-state index is 12.2. The number of aromatic nitrogens is 2. The van der Waals surface area contributed by atoms with Gasteiger partial charge < -0.3 is 39.1 Å². The van der Waals surface area contributed by atoms with E-state index in [2.05, 4.69) is 20.6 Å². The van der Waals surface area contributed by atoms with E-state index in [-0.39, 0.29) is 17.7 Å². The van der Waals surface area contributed by atoms with Gasteiger partial charge >= 0.3 is 23.9 Å². The summed E-state index contributed by atoms with van der Waals surface area (Å²) in [5, 5.41) is 5.78. The molecule has 14 nitrogen and oxygen atoms in total. The third-order valence-corrected chi connectivity index (χ3v) is 6.87. The lowest BCUT2D eigenvalue weighted by Crippen LogP contribution is -2.66. The predicted molar refractivity (Wildman–Crippen MR) is 171 cm³/mol. The van der Waals surface area contributed by atoms with Gasteiger partial charge in [-0.15, -0.1) is 0 Å². The molecule has 0 amide bonds. The molecular weight excluding hydrogens is 632 g/mol. The summed E-state index contributed by atoms with van der Waals surface area (Å²) in [4.78, 5) is 57.3. The van der Waals surface area contributed by atoms with Crippen LogP contribution in [0.2, 0.25) is 0 Å². The molecular formula is C32H34N4O10S. The number of hydrogen-bond acceptors (Lipinski definition) is 13. The van der Waals surface area contributed by atoms with Crippen LogP contribution in [0.15, 0.2) is 60.7 Å². The average Bonchev–Trinajstić information content (AvgIpc) is 3.02. The van der Waals surface area contributed by atoms with Gasteiger partial charge in [0.2, 0.25) is 5.95 Å². The number of methoxy groups -OCH3 is 1. The summed E-state index contributed by atoms with van der Waals surface area (Å²) in [6, 6.07) is 18.6. The summed E-state index contributed by atoms with van der Waals surface area (Å²) in [6.07, 6.45) is -6.48. The molecule has 4 rings (SSSR count). The Balaban J connectivity index is 1.68. The Morgan fingerprint density at radius 3 is 1.98 bits per heavy atom. The summed E-state index contributed by atoms with van der Waals surface area (Å²) < 4.78 is 33.0. The van der Waals surface area contributed by atoms with Crippen LogP contribution in [0.3, 0.4) is 0 Å². The molecule has 0 saturated carbocycles. The Morgan fingerprint density at radius 1 is 0.766 bits per heavy atom. The number of nitrogens with one attached hydrogen (secondary N) is 2. The lowest BCUT2D eigenvalue weighted by Gasteiger charge is -2.44. The zero-order valence-electron chi connectivity index (χ0n) is 26.3. The van der Waals surface area contributed by atoms with E-state index >= 15 is 0 Å². The first-order valence-electron chi connectivity index (χ1n) is 14.4. The Labute approximate surface area is 276 Å². The molecule has 0 aliphatic carbocycles. The molecule has 3 aromatic rings. The van der Waals surface area contributed by atoms with Crippen LogP contribution in [0, 0.1) is 0 Å². The second kappa shape index (κ2) is 15.9. The van der Waals surface area contributed by atoms with Gasteiger partial charge in [0.15, 0.2) is 29.7 Å². The van der Waals surface area contributed by atoms with Crippen molar-refractivity contribution in [3.05, 3.63) is 60.7 Å². The fourth-order valence-corrected chi connectivity index (χ4v) is 5.01. The molecule has 0 bridgehead atoms. The first kappa shape index (κ1) is 34.7. The van der Waals surface area contributed by atoms with Crippen molar-refractivity contribution in [1.29, 1.82) is 0 Å².